The lowest BCUT2D eigenvalue weighted by molar-refractivity contribution is -0.119. The van der Waals surface area contributed by atoms with Crippen molar-refractivity contribution < 1.29 is 9.18 Å². The third-order valence-electron chi connectivity index (χ3n) is 3.34. The molecule has 1 unspecified atom stereocenters. The van der Waals surface area contributed by atoms with E-state index in [1.54, 1.807) is 6.07 Å². The largest absolute Gasteiger partial charge is 0.300 e. The molecule has 1 aromatic rings. The van der Waals surface area contributed by atoms with Gasteiger partial charge in [0, 0.05) is 12.8 Å². The standard InChI is InChI=1S/C16H23FO/c1-5-6-15(18)8-11(2)7-14-9-12(3)13(4)10-16(14)17/h9-11H,5-8H2,1-4H3. The summed E-state index contributed by atoms with van der Waals surface area (Å²) in [4.78, 5) is 11.6. The predicted octanol–water partition coefficient (Wildman–Crippen LogP) is 4.38. The fourth-order valence-corrected chi connectivity index (χ4v) is 2.21. The quantitative estimate of drug-likeness (QED) is 0.732. The number of aryl methyl sites for hydroxylation is 2. The zero-order valence-corrected chi connectivity index (χ0v) is 11.8. The molecule has 0 radical (unpaired) electrons. The van der Waals surface area contributed by atoms with Crippen molar-refractivity contribution in [2.75, 3.05) is 0 Å². The molecule has 0 amide bonds. The maximum atomic E-state index is 13.8. The van der Waals surface area contributed by atoms with Crippen molar-refractivity contribution in [3.8, 4) is 0 Å². The molecule has 1 nitrogen and oxygen atoms in total. The first kappa shape index (κ1) is 14.9. The molecule has 0 N–H and O–H groups in total. The summed E-state index contributed by atoms with van der Waals surface area (Å²) >= 11 is 0. The molecule has 100 valence electrons. The van der Waals surface area contributed by atoms with Crippen LogP contribution in [0.4, 0.5) is 4.39 Å². The number of hydrogen-bond acceptors (Lipinski definition) is 1. The second kappa shape index (κ2) is 6.67. The minimum atomic E-state index is -0.145. The topological polar surface area (TPSA) is 17.1 Å². The number of Topliss-reactive ketones (excluding diaryl/α,β-unsaturated/α-hetero) is 1. The summed E-state index contributed by atoms with van der Waals surface area (Å²) in [6.07, 6.45) is 2.73. The van der Waals surface area contributed by atoms with E-state index in [9.17, 15) is 9.18 Å². The van der Waals surface area contributed by atoms with Crippen LogP contribution in [0.2, 0.25) is 0 Å². The van der Waals surface area contributed by atoms with Crippen molar-refractivity contribution in [1.29, 1.82) is 0 Å². The lowest BCUT2D eigenvalue weighted by atomic mass is 9.93. The van der Waals surface area contributed by atoms with E-state index < -0.39 is 0 Å². The van der Waals surface area contributed by atoms with Crippen LogP contribution in [0, 0.1) is 25.6 Å². The fourth-order valence-electron chi connectivity index (χ4n) is 2.21. The van der Waals surface area contributed by atoms with E-state index in [-0.39, 0.29) is 17.5 Å². The van der Waals surface area contributed by atoms with Gasteiger partial charge >= 0.3 is 0 Å². The number of halogens is 1. The molecule has 0 aromatic heterocycles. The summed E-state index contributed by atoms with van der Waals surface area (Å²) in [6.45, 7) is 7.93. The van der Waals surface area contributed by atoms with Gasteiger partial charge in [-0.1, -0.05) is 19.9 Å². The lowest BCUT2D eigenvalue weighted by Gasteiger charge is -2.13. The second-order valence-corrected chi connectivity index (χ2v) is 5.33. The van der Waals surface area contributed by atoms with E-state index in [0.29, 0.717) is 19.3 Å². The molecule has 1 aromatic carbocycles. The Morgan fingerprint density at radius 3 is 2.50 bits per heavy atom. The first-order valence-corrected chi connectivity index (χ1v) is 6.71. The number of benzene rings is 1. The molecule has 0 aliphatic carbocycles. The second-order valence-electron chi connectivity index (χ2n) is 5.33. The molecule has 0 saturated heterocycles. The van der Waals surface area contributed by atoms with Crippen LogP contribution in [-0.2, 0) is 11.2 Å². The molecule has 0 bridgehead atoms. The first-order chi connectivity index (χ1) is 8.43. The zero-order valence-electron chi connectivity index (χ0n) is 11.8. The summed E-state index contributed by atoms with van der Waals surface area (Å²) in [5, 5.41) is 0. The summed E-state index contributed by atoms with van der Waals surface area (Å²) in [7, 11) is 0. The minimum absolute atomic E-state index is 0.145. The molecule has 18 heavy (non-hydrogen) atoms. The van der Waals surface area contributed by atoms with E-state index >= 15 is 0 Å². The number of carbonyl (C=O) groups excluding carboxylic acids is 1. The maximum absolute atomic E-state index is 13.8. The van der Waals surface area contributed by atoms with Gasteiger partial charge in [0.05, 0.1) is 0 Å². The highest BCUT2D eigenvalue weighted by Crippen LogP contribution is 2.20. The van der Waals surface area contributed by atoms with Gasteiger partial charge in [-0.15, -0.1) is 0 Å². The average Bonchev–Trinajstić information content (AvgIpc) is 2.26. The fraction of sp³-hybridized carbons (Fsp3) is 0.562. The Kier molecular flexibility index (Phi) is 5.52. The number of rotatable bonds is 6. The molecule has 0 spiro atoms. The van der Waals surface area contributed by atoms with Crippen LogP contribution < -0.4 is 0 Å². The van der Waals surface area contributed by atoms with Gasteiger partial charge < -0.3 is 0 Å². The van der Waals surface area contributed by atoms with Crippen molar-refractivity contribution in [2.45, 2.75) is 53.4 Å². The normalized spacial score (nSPS) is 12.5. The monoisotopic (exact) mass is 250 g/mol. The smallest absolute Gasteiger partial charge is 0.133 e. The molecule has 1 rings (SSSR count). The highest BCUT2D eigenvalue weighted by atomic mass is 19.1. The summed E-state index contributed by atoms with van der Waals surface area (Å²) in [5.41, 5.74) is 2.82. The Balaban J connectivity index is 2.67. The van der Waals surface area contributed by atoms with Gasteiger partial charge in [0.15, 0.2) is 0 Å². The van der Waals surface area contributed by atoms with Crippen molar-refractivity contribution in [3.05, 3.63) is 34.6 Å². The van der Waals surface area contributed by atoms with Crippen LogP contribution in [0.25, 0.3) is 0 Å². The third-order valence-corrected chi connectivity index (χ3v) is 3.34. The number of carbonyl (C=O) groups is 1. The minimum Gasteiger partial charge on any atom is -0.300 e. The van der Waals surface area contributed by atoms with E-state index in [1.807, 2.05) is 33.8 Å². The Bertz CT molecular complexity index is 423. The van der Waals surface area contributed by atoms with Crippen molar-refractivity contribution in [3.63, 3.8) is 0 Å². The van der Waals surface area contributed by atoms with Gasteiger partial charge in [-0.25, -0.2) is 4.39 Å². The van der Waals surface area contributed by atoms with Gasteiger partial charge in [0.1, 0.15) is 11.6 Å². The highest BCUT2D eigenvalue weighted by Gasteiger charge is 2.12. The van der Waals surface area contributed by atoms with Gasteiger partial charge in [0.25, 0.3) is 0 Å². The SMILES string of the molecule is CCCC(=O)CC(C)Cc1cc(C)c(C)cc1F. The van der Waals surface area contributed by atoms with Crippen LogP contribution >= 0.6 is 0 Å². The molecule has 0 fully saturated rings. The van der Waals surface area contributed by atoms with E-state index in [2.05, 4.69) is 0 Å². The zero-order chi connectivity index (χ0) is 13.7. The summed E-state index contributed by atoms with van der Waals surface area (Å²) in [6, 6.07) is 3.50. The lowest BCUT2D eigenvalue weighted by Crippen LogP contribution is -2.09. The van der Waals surface area contributed by atoms with Gasteiger partial charge in [-0.2, -0.15) is 0 Å². The Hall–Kier alpha value is -1.18. The molecule has 0 aliphatic heterocycles. The van der Waals surface area contributed by atoms with Gasteiger partial charge in [-0.3, -0.25) is 4.79 Å². The predicted molar refractivity (Wildman–Crippen MR) is 73.3 cm³/mol. The molecule has 1 atom stereocenters. The van der Waals surface area contributed by atoms with E-state index in [1.165, 1.54) is 0 Å². The molecular formula is C16H23FO. The van der Waals surface area contributed by atoms with Crippen LogP contribution in [-0.4, -0.2) is 5.78 Å². The highest BCUT2D eigenvalue weighted by molar-refractivity contribution is 5.78. The maximum Gasteiger partial charge on any atom is 0.133 e. The molecule has 0 heterocycles. The Morgan fingerprint density at radius 2 is 1.89 bits per heavy atom. The van der Waals surface area contributed by atoms with E-state index in [4.69, 9.17) is 0 Å². The van der Waals surface area contributed by atoms with Crippen molar-refractivity contribution in [2.24, 2.45) is 5.92 Å². The average molecular weight is 250 g/mol. The van der Waals surface area contributed by atoms with Crippen LogP contribution in [0.5, 0.6) is 0 Å². The Labute approximate surface area is 109 Å². The van der Waals surface area contributed by atoms with Crippen molar-refractivity contribution >= 4 is 5.78 Å². The van der Waals surface area contributed by atoms with Crippen LogP contribution in [0.3, 0.4) is 0 Å². The van der Waals surface area contributed by atoms with E-state index in [0.717, 1.165) is 23.1 Å². The number of ketones is 1. The Morgan fingerprint density at radius 1 is 1.28 bits per heavy atom. The van der Waals surface area contributed by atoms with Crippen LogP contribution in [0.1, 0.15) is 49.8 Å². The summed E-state index contributed by atoms with van der Waals surface area (Å²) in [5.74, 6) is 0.350. The third kappa shape index (κ3) is 4.25. The van der Waals surface area contributed by atoms with Crippen molar-refractivity contribution in [1.82, 2.24) is 0 Å². The van der Waals surface area contributed by atoms with Crippen LogP contribution in [0.15, 0.2) is 12.1 Å². The van der Waals surface area contributed by atoms with Gasteiger partial charge in [0.2, 0.25) is 0 Å². The molecular weight excluding hydrogens is 227 g/mol. The first-order valence-electron chi connectivity index (χ1n) is 6.71. The summed E-state index contributed by atoms with van der Waals surface area (Å²) < 4.78 is 13.8. The molecule has 0 aliphatic rings. The molecule has 0 saturated carbocycles. The molecule has 2 heteroatoms. The van der Waals surface area contributed by atoms with Gasteiger partial charge in [-0.05, 0) is 55.4 Å². The number of hydrogen-bond donors (Lipinski definition) is 0.